The minimum atomic E-state index is 0.647. The molecule has 0 spiro atoms. The molecule has 1 aromatic heterocycles. The van der Waals surface area contributed by atoms with Gasteiger partial charge >= 0.3 is 0 Å². The lowest BCUT2D eigenvalue weighted by Gasteiger charge is -2.25. The van der Waals surface area contributed by atoms with Crippen molar-refractivity contribution in [3.8, 4) is 0 Å². The summed E-state index contributed by atoms with van der Waals surface area (Å²) in [6.45, 7) is 2.29. The Labute approximate surface area is 96.7 Å². The summed E-state index contributed by atoms with van der Waals surface area (Å²) < 4.78 is 0. The Kier molecular flexibility index (Phi) is 2.79. The molecule has 0 atom stereocenters. The van der Waals surface area contributed by atoms with Crippen LogP contribution in [0.2, 0.25) is 0 Å². The molecule has 86 valence electrons. The highest BCUT2D eigenvalue weighted by atomic mass is 15.0. The van der Waals surface area contributed by atoms with Gasteiger partial charge in [0, 0.05) is 23.6 Å². The van der Waals surface area contributed by atoms with Gasteiger partial charge in [-0.15, -0.1) is 0 Å². The minimum absolute atomic E-state index is 0.647. The van der Waals surface area contributed by atoms with Crippen molar-refractivity contribution in [3.05, 3.63) is 23.5 Å². The summed E-state index contributed by atoms with van der Waals surface area (Å²) in [5, 5.41) is 7.10. The zero-order valence-corrected chi connectivity index (χ0v) is 9.63. The van der Waals surface area contributed by atoms with Crippen LogP contribution < -0.4 is 10.6 Å². The number of fused-ring (bicyclic) bond motifs is 1. The lowest BCUT2D eigenvalue weighted by molar-refractivity contribution is 0.479. The fourth-order valence-electron chi connectivity index (χ4n) is 2.78. The highest BCUT2D eigenvalue weighted by Gasteiger charge is 2.18. The maximum Gasteiger partial charge on any atom is 0.0456 e. The van der Waals surface area contributed by atoms with Gasteiger partial charge in [-0.3, -0.25) is 4.98 Å². The van der Waals surface area contributed by atoms with Gasteiger partial charge in [-0.2, -0.15) is 0 Å². The number of aromatic nitrogens is 1. The minimum Gasteiger partial charge on any atom is -0.382 e. The van der Waals surface area contributed by atoms with Crippen LogP contribution in [0.3, 0.4) is 0 Å². The first-order valence-electron chi connectivity index (χ1n) is 6.37. The van der Waals surface area contributed by atoms with Crippen molar-refractivity contribution in [2.24, 2.45) is 0 Å². The van der Waals surface area contributed by atoms with Crippen LogP contribution in [0.25, 0.3) is 0 Å². The quantitative estimate of drug-likeness (QED) is 0.792. The Hall–Kier alpha value is -1.09. The summed E-state index contributed by atoms with van der Waals surface area (Å²) in [6, 6.07) is 2.79. The van der Waals surface area contributed by atoms with E-state index in [2.05, 4.69) is 21.7 Å². The van der Waals surface area contributed by atoms with Gasteiger partial charge in [0.1, 0.15) is 0 Å². The third kappa shape index (κ3) is 1.92. The topological polar surface area (TPSA) is 37.0 Å². The van der Waals surface area contributed by atoms with E-state index in [0.717, 1.165) is 19.5 Å². The summed E-state index contributed by atoms with van der Waals surface area (Å²) in [4.78, 5) is 4.46. The van der Waals surface area contributed by atoms with Crippen LogP contribution in [0, 0.1) is 0 Å². The van der Waals surface area contributed by atoms with E-state index in [0.29, 0.717) is 6.04 Å². The molecule has 0 amide bonds. The summed E-state index contributed by atoms with van der Waals surface area (Å²) in [5.74, 6) is 0. The van der Waals surface area contributed by atoms with Crippen molar-refractivity contribution in [2.75, 3.05) is 18.4 Å². The van der Waals surface area contributed by atoms with Crippen molar-refractivity contribution in [2.45, 2.75) is 38.1 Å². The first-order valence-corrected chi connectivity index (χ1v) is 6.37. The molecule has 0 radical (unpaired) electrons. The molecule has 1 aliphatic carbocycles. The molecule has 2 heterocycles. The Morgan fingerprint density at radius 2 is 2.12 bits per heavy atom. The van der Waals surface area contributed by atoms with Crippen molar-refractivity contribution >= 4 is 5.69 Å². The number of hydrogen-bond donors (Lipinski definition) is 2. The summed E-state index contributed by atoms with van der Waals surface area (Å²) in [5.41, 5.74) is 4.13. The Bertz CT molecular complexity index is 369. The largest absolute Gasteiger partial charge is 0.382 e. The van der Waals surface area contributed by atoms with Crippen LogP contribution in [-0.2, 0) is 12.8 Å². The van der Waals surface area contributed by atoms with Gasteiger partial charge in [-0.05, 0) is 56.8 Å². The number of aryl methyl sites for hydroxylation is 1. The van der Waals surface area contributed by atoms with Crippen LogP contribution in [0.1, 0.15) is 30.5 Å². The molecule has 1 saturated heterocycles. The molecule has 1 aliphatic heterocycles. The van der Waals surface area contributed by atoms with Crippen molar-refractivity contribution in [1.29, 1.82) is 0 Å². The molecule has 1 fully saturated rings. The second kappa shape index (κ2) is 4.42. The van der Waals surface area contributed by atoms with Gasteiger partial charge < -0.3 is 10.6 Å². The van der Waals surface area contributed by atoms with Crippen LogP contribution in [0.15, 0.2) is 12.3 Å². The van der Waals surface area contributed by atoms with Gasteiger partial charge in [0.2, 0.25) is 0 Å². The average molecular weight is 217 g/mol. The molecule has 2 aliphatic rings. The molecular formula is C13H19N3. The third-order valence-corrected chi connectivity index (χ3v) is 3.68. The summed E-state index contributed by atoms with van der Waals surface area (Å²) >= 11 is 0. The van der Waals surface area contributed by atoms with Gasteiger partial charge in [-0.1, -0.05) is 0 Å². The van der Waals surface area contributed by atoms with Crippen LogP contribution in [-0.4, -0.2) is 24.1 Å². The molecular weight excluding hydrogens is 198 g/mol. The van der Waals surface area contributed by atoms with E-state index in [-0.39, 0.29) is 0 Å². The predicted molar refractivity (Wildman–Crippen MR) is 65.8 cm³/mol. The third-order valence-electron chi connectivity index (χ3n) is 3.68. The summed E-state index contributed by atoms with van der Waals surface area (Å²) in [7, 11) is 0. The summed E-state index contributed by atoms with van der Waals surface area (Å²) in [6.07, 6.45) is 8.06. The van der Waals surface area contributed by atoms with Gasteiger partial charge in [-0.25, -0.2) is 0 Å². The SMILES string of the molecule is c1cc(NC2CCNCC2)c2c(n1)CCC2. The smallest absolute Gasteiger partial charge is 0.0456 e. The Morgan fingerprint density at radius 1 is 1.25 bits per heavy atom. The van der Waals surface area contributed by atoms with Crippen LogP contribution in [0.5, 0.6) is 0 Å². The number of nitrogens with zero attached hydrogens (tertiary/aromatic N) is 1. The normalized spacial score (nSPS) is 20.8. The number of hydrogen-bond acceptors (Lipinski definition) is 3. The first kappa shape index (κ1) is 10.1. The maximum absolute atomic E-state index is 4.46. The number of nitrogens with one attached hydrogen (secondary N) is 2. The van der Waals surface area contributed by atoms with Gasteiger partial charge in [0.05, 0.1) is 0 Å². The van der Waals surface area contributed by atoms with E-state index in [1.54, 1.807) is 0 Å². The molecule has 0 aromatic carbocycles. The number of rotatable bonds is 2. The van der Waals surface area contributed by atoms with Gasteiger partial charge in [0.25, 0.3) is 0 Å². The standard InChI is InChI=1S/C13H19N3/c1-2-11-12(3-1)15-9-6-13(11)16-10-4-7-14-8-5-10/h6,9-10,14H,1-5,7-8H2,(H,15,16). The molecule has 1 aromatic rings. The molecule has 16 heavy (non-hydrogen) atoms. The van der Waals surface area contributed by atoms with E-state index in [1.807, 2.05) is 6.20 Å². The van der Waals surface area contributed by atoms with E-state index in [9.17, 15) is 0 Å². The van der Waals surface area contributed by atoms with E-state index in [1.165, 1.54) is 42.6 Å². The molecule has 3 heteroatoms. The molecule has 0 unspecified atom stereocenters. The predicted octanol–water partition coefficient (Wildman–Crippen LogP) is 1.73. The molecule has 2 N–H and O–H groups in total. The lowest BCUT2D eigenvalue weighted by atomic mass is 10.1. The van der Waals surface area contributed by atoms with Crippen molar-refractivity contribution < 1.29 is 0 Å². The Morgan fingerprint density at radius 3 is 3.00 bits per heavy atom. The second-order valence-corrected chi connectivity index (χ2v) is 4.81. The van der Waals surface area contributed by atoms with Gasteiger partial charge in [0.15, 0.2) is 0 Å². The van der Waals surface area contributed by atoms with Crippen molar-refractivity contribution in [3.63, 3.8) is 0 Å². The maximum atomic E-state index is 4.46. The second-order valence-electron chi connectivity index (χ2n) is 4.81. The van der Waals surface area contributed by atoms with E-state index in [4.69, 9.17) is 0 Å². The number of piperidine rings is 1. The molecule has 0 saturated carbocycles. The van der Waals surface area contributed by atoms with Crippen LogP contribution >= 0.6 is 0 Å². The van der Waals surface area contributed by atoms with Crippen molar-refractivity contribution in [1.82, 2.24) is 10.3 Å². The monoisotopic (exact) mass is 217 g/mol. The zero-order chi connectivity index (χ0) is 10.8. The Balaban J connectivity index is 1.76. The highest BCUT2D eigenvalue weighted by molar-refractivity contribution is 5.54. The number of pyridine rings is 1. The zero-order valence-electron chi connectivity index (χ0n) is 9.63. The average Bonchev–Trinajstić information content (AvgIpc) is 2.80. The highest BCUT2D eigenvalue weighted by Crippen LogP contribution is 2.28. The van der Waals surface area contributed by atoms with E-state index < -0.39 is 0 Å². The fourth-order valence-corrected chi connectivity index (χ4v) is 2.78. The van der Waals surface area contributed by atoms with Crippen LogP contribution in [0.4, 0.5) is 5.69 Å². The van der Waals surface area contributed by atoms with E-state index >= 15 is 0 Å². The lowest BCUT2D eigenvalue weighted by Crippen LogP contribution is -2.35. The first-order chi connectivity index (χ1) is 7.93. The molecule has 3 nitrogen and oxygen atoms in total. The molecule has 0 bridgehead atoms. The number of anilines is 1. The fraction of sp³-hybridized carbons (Fsp3) is 0.615. The molecule has 3 rings (SSSR count).